The SMILES string of the molecule is COC(=O)c1ccc(CCCN2CCc3ccc(OC)cc3C2)cc1. The first kappa shape index (κ1) is 17.5. The third-order valence-electron chi connectivity index (χ3n) is 4.82. The minimum atomic E-state index is -0.283. The maximum Gasteiger partial charge on any atom is 0.337 e. The lowest BCUT2D eigenvalue weighted by Gasteiger charge is -2.29. The molecule has 0 spiro atoms. The quantitative estimate of drug-likeness (QED) is 0.756. The third-order valence-corrected chi connectivity index (χ3v) is 4.82. The summed E-state index contributed by atoms with van der Waals surface area (Å²) < 4.78 is 10.1. The van der Waals surface area contributed by atoms with Gasteiger partial charge in [0.25, 0.3) is 0 Å². The van der Waals surface area contributed by atoms with Crippen LogP contribution in [-0.4, -0.2) is 38.2 Å². The fraction of sp³-hybridized carbons (Fsp3) is 0.381. The maximum atomic E-state index is 11.5. The predicted molar refractivity (Wildman–Crippen MR) is 98.1 cm³/mol. The van der Waals surface area contributed by atoms with Crippen molar-refractivity contribution in [2.75, 3.05) is 27.3 Å². The molecule has 0 aromatic heterocycles. The van der Waals surface area contributed by atoms with E-state index in [9.17, 15) is 4.79 Å². The summed E-state index contributed by atoms with van der Waals surface area (Å²) in [6.07, 6.45) is 3.23. The molecule has 0 saturated carbocycles. The zero-order chi connectivity index (χ0) is 17.6. The van der Waals surface area contributed by atoms with Gasteiger partial charge < -0.3 is 9.47 Å². The van der Waals surface area contributed by atoms with Crippen LogP contribution in [0.25, 0.3) is 0 Å². The van der Waals surface area contributed by atoms with Crippen molar-refractivity contribution >= 4 is 5.97 Å². The van der Waals surface area contributed by atoms with Crippen molar-refractivity contribution in [2.24, 2.45) is 0 Å². The fourth-order valence-electron chi connectivity index (χ4n) is 3.34. The van der Waals surface area contributed by atoms with E-state index in [4.69, 9.17) is 9.47 Å². The summed E-state index contributed by atoms with van der Waals surface area (Å²) in [5.41, 5.74) is 4.68. The summed E-state index contributed by atoms with van der Waals surface area (Å²) in [6, 6.07) is 14.1. The number of esters is 1. The zero-order valence-electron chi connectivity index (χ0n) is 15.0. The highest BCUT2D eigenvalue weighted by Gasteiger charge is 2.16. The minimum Gasteiger partial charge on any atom is -0.497 e. The molecule has 0 fully saturated rings. The number of ether oxygens (including phenoxy) is 2. The molecule has 0 radical (unpaired) electrons. The monoisotopic (exact) mass is 339 g/mol. The predicted octanol–water partition coefficient (Wildman–Crippen LogP) is 3.47. The zero-order valence-corrected chi connectivity index (χ0v) is 15.0. The van der Waals surface area contributed by atoms with Gasteiger partial charge in [0, 0.05) is 13.1 Å². The molecule has 1 aliphatic heterocycles. The lowest BCUT2D eigenvalue weighted by atomic mass is 9.99. The van der Waals surface area contributed by atoms with E-state index in [0.717, 1.165) is 44.6 Å². The van der Waals surface area contributed by atoms with Crippen molar-refractivity contribution in [2.45, 2.75) is 25.8 Å². The number of aryl methyl sites for hydroxylation is 1. The largest absolute Gasteiger partial charge is 0.497 e. The van der Waals surface area contributed by atoms with Gasteiger partial charge in [0.05, 0.1) is 19.8 Å². The van der Waals surface area contributed by atoms with E-state index in [2.05, 4.69) is 17.0 Å². The van der Waals surface area contributed by atoms with Crippen molar-refractivity contribution in [3.8, 4) is 5.75 Å². The second-order valence-corrected chi connectivity index (χ2v) is 6.45. The van der Waals surface area contributed by atoms with Gasteiger partial charge in [-0.05, 0) is 66.8 Å². The third kappa shape index (κ3) is 4.40. The Morgan fingerprint density at radius 3 is 2.60 bits per heavy atom. The molecule has 4 heteroatoms. The van der Waals surface area contributed by atoms with Gasteiger partial charge >= 0.3 is 5.97 Å². The molecule has 2 aromatic rings. The van der Waals surface area contributed by atoms with E-state index < -0.39 is 0 Å². The van der Waals surface area contributed by atoms with Crippen molar-refractivity contribution in [1.82, 2.24) is 4.90 Å². The number of methoxy groups -OCH3 is 2. The van der Waals surface area contributed by atoms with Crippen molar-refractivity contribution in [1.29, 1.82) is 0 Å². The first-order valence-corrected chi connectivity index (χ1v) is 8.75. The molecule has 0 aliphatic carbocycles. The highest BCUT2D eigenvalue weighted by molar-refractivity contribution is 5.89. The number of fused-ring (bicyclic) bond motifs is 1. The van der Waals surface area contributed by atoms with Crippen LogP contribution >= 0.6 is 0 Å². The molecule has 1 aliphatic rings. The van der Waals surface area contributed by atoms with Crippen LogP contribution in [0.2, 0.25) is 0 Å². The van der Waals surface area contributed by atoms with E-state index in [-0.39, 0.29) is 5.97 Å². The summed E-state index contributed by atoms with van der Waals surface area (Å²) >= 11 is 0. The number of nitrogens with zero attached hydrogens (tertiary/aromatic N) is 1. The Balaban J connectivity index is 1.50. The smallest absolute Gasteiger partial charge is 0.337 e. The van der Waals surface area contributed by atoms with Gasteiger partial charge in [0.1, 0.15) is 5.75 Å². The van der Waals surface area contributed by atoms with Gasteiger partial charge in [-0.3, -0.25) is 4.90 Å². The lowest BCUT2D eigenvalue weighted by molar-refractivity contribution is 0.0600. The molecular weight excluding hydrogens is 314 g/mol. The Morgan fingerprint density at radius 2 is 1.88 bits per heavy atom. The topological polar surface area (TPSA) is 38.8 Å². The van der Waals surface area contributed by atoms with Crippen LogP contribution in [0.15, 0.2) is 42.5 Å². The van der Waals surface area contributed by atoms with Gasteiger partial charge in [0.2, 0.25) is 0 Å². The van der Waals surface area contributed by atoms with Gasteiger partial charge in [-0.25, -0.2) is 4.79 Å². The number of hydrogen-bond acceptors (Lipinski definition) is 4. The van der Waals surface area contributed by atoms with Gasteiger partial charge in [-0.15, -0.1) is 0 Å². The highest BCUT2D eigenvalue weighted by Crippen LogP contribution is 2.24. The molecule has 0 unspecified atom stereocenters. The van der Waals surface area contributed by atoms with E-state index in [1.165, 1.54) is 23.8 Å². The second kappa shape index (κ2) is 8.17. The van der Waals surface area contributed by atoms with Crippen molar-refractivity contribution < 1.29 is 14.3 Å². The maximum absolute atomic E-state index is 11.5. The van der Waals surface area contributed by atoms with Crippen LogP contribution in [0, 0.1) is 0 Å². The summed E-state index contributed by atoms with van der Waals surface area (Å²) in [4.78, 5) is 14.0. The molecule has 0 saturated heterocycles. The van der Waals surface area contributed by atoms with E-state index in [1.54, 1.807) is 7.11 Å². The Labute approximate surface area is 149 Å². The van der Waals surface area contributed by atoms with Crippen LogP contribution in [0.3, 0.4) is 0 Å². The Kier molecular flexibility index (Phi) is 5.71. The average molecular weight is 339 g/mol. The molecule has 0 N–H and O–H groups in total. The Bertz CT molecular complexity index is 724. The Hall–Kier alpha value is -2.33. The molecule has 0 atom stereocenters. The molecule has 25 heavy (non-hydrogen) atoms. The molecule has 132 valence electrons. The normalized spacial score (nSPS) is 14.0. The standard InChI is InChI=1S/C21H25NO3/c1-24-20-10-9-17-11-13-22(15-19(17)14-20)12-3-4-16-5-7-18(8-6-16)21(23)25-2/h5-10,14H,3-4,11-13,15H2,1-2H3. The number of carbonyl (C=O) groups is 1. The van der Waals surface area contributed by atoms with E-state index >= 15 is 0 Å². The van der Waals surface area contributed by atoms with Crippen molar-refractivity contribution in [3.63, 3.8) is 0 Å². The van der Waals surface area contributed by atoms with Crippen LogP contribution in [-0.2, 0) is 24.1 Å². The lowest BCUT2D eigenvalue weighted by Crippen LogP contribution is -2.31. The first-order valence-electron chi connectivity index (χ1n) is 8.75. The summed E-state index contributed by atoms with van der Waals surface area (Å²) in [5, 5.41) is 0. The molecule has 3 rings (SSSR count). The van der Waals surface area contributed by atoms with E-state index in [0.29, 0.717) is 5.56 Å². The fourth-order valence-corrected chi connectivity index (χ4v) is 3.34. The molecule has 1 heterocycles. The highest BCUT2D eigenvalue weighted by atomic mass is 16.5. The van der Waals surface area contributed by atoms with Crippen LogP contribution in [0.4, 0.5) is 0 Å². The van der Waals surface area contributed by atoms with Gasteiger partial charge in [0.15, 0.2) is 0 Å². The summed E-state index contributed by atoms with van der Waals surface area (Å²) in [7, 11) is 3.12. The van der Waals surface area contributed by atoms with Gasteiger partial charge in [-0.2, -0.15) is 0 Å². The van der Waals surface area contributed by atoms with Crippen LogP contribution < -0.4 is 4.74 Å². The summed E-state index contributed by atoms with van der Waals surface area (Å²) in [6.45, 7) is 3.18. The number of carbonyl (C=O) groups excluding carboxylic acids is 1. The number of benzene rings is 2. The number of rotatable bonds is 6. The average Bonchev–Trinajstić information content (AvgIpc) is 2.67. The first-order chi connectivity index (χ1) is 12.2. The number of hydrogen-bond donors (Lipinski definition) is 0. The molecule has 0 bridgehead atoms. The molecule has 4 nitrogen and oxygen atoms in total. The van der Waals surface area contributed by atoms with E-state index in [1.807, 2.05) is 30.3 Å². The minimum absolute atomic E-state index is 0.283. The van der Waals surface area contributed by atoms with Crippen LogP contribution in [0.5, 0.6) is 5.75 Å². The molecule has 2 aromatic carbocycles. The van der Waals surface area contributed by atoms with Crippen molar-refractivity contribution in [3.05, 3.63) is 64.7 Å². The summed E-state index contributed by atoms with van der Waals surface area (Å²) in [5.74, 6) is 0.653. The van der Waals surface area contributed by atoms with Gasteiger partial charge in [-0.1, -0.05) is 18.2 Å². The second-order valence-electron chi connectivity index (χ2n) is 6.45. The van der Waals surface area contributed by atoms with Crippen LogP contribution in [0.1, 0.15) is 33.5 Å². The molecule has 0 amide bonds. The Morgan fingerprint density at radius 1 is 1.08 bits per heavy atom. The molecular formula is C21H25NO3.